The zero-order valence-electron chi connectivity index (χ0n) is 18.4. The number of benzene rings is 3. The molecule has 162 valence electrons. The number of aromatic nitrogens is 1. The number of rotatable bonds is 4. The van der Waals surface area contributed by atoms with Gasteiger partial charge in [0, 0.05) is 16.6 Å². The number of thiophene rings is 1. The summed E-state index contributed by atoms with van der Waals surface area (Å²) in [5.41, 5.74) is 14.0. The lowest BCUT2D eigenvalue weighted by molar-refractivity contribution is 0.103. The number of nitrogen functional groups attached to an aromatic ring is 1. The number of anilines is 2. The van der Waals surface area contributed by atoms with Crippen LogP contribution in [0, 0.1) is 13.8 Å². The van der Waals surface area contributed by atoms with Crippen LogP contribution in [0.2, 0.25) is 0 Å². The van der Waals surface area contributed by atoms with Gasteiger partial charge in [-0.2, -0.15) is 0 Å². The third-order valence-corrected chi connectivity index (χ3v) is 6.92. The van der Waals surface area contributed by atoms with Gasteiger partial charge in [0.25, 0.3) is 5.91 Å². The first kappa shape index (κ1) is 20.9. The van der Waals surface area contributed by atoms with E-state index in [0.717, 1.165) is 43.9 Å². The number of nitrogens with two attached hydrogens (primary N) is 1. The van der Waals surface area contributed by atoms with Gasteiger partial charge in [-0.3, -0.25) is 4.79 Å². The summed E-state index contributed by atoms with van der Waals surface area (Å²) < 4.78 is 0. The van der Waals surface area contributed by atoms with Crippen molar-refractivity contribution in [1.82, 2.24) is 4.98 Å². The van der Waals surface area contributed by atoms with E-state index in [1.807, 2.05) is 80.6 Å². The third kappa shape index (κ3) is 3.99. The van der Waals surface area contributed by atoms with E-state index in [0.29, 0.717) is 10.6 Å². The van der Waals surface area contributed by atoms with Crippen LogP contribution in [0.4, 0.5) is 11.4 Å². The van der Waals surface area contributed by atoms with Crippen molar-refractivity contribution in [2.45, 2.75) is 13.8 Å². The summed E-state index contributed by atoms with van der Waals surface area (Å²) in [6.45, 7) is 4.08. The Morgan fingerprint density at radius 3 is 2.18 bits per heavy atom. The Morgan fingerprint density at radius 1 is 0.848 bits per heavy atom. The fourth-order valence-electron chi connectivity index (χ4n) is 3.90. The van der Waals surface area contributed by atoms with Crippen molar-refractivity contribution in [3.63, 3.8) is 0 Å². The van der Waals surface area contributed by atoms with Crippen molar-refractivity contribution >= 4 is 38.8 Å². The van der Waals surface area contributed by atoms with Crippen molar-refractivity contribution in [3.8, 4) is 22.4 Å². The highest BCUT2D eigenvalue weighted by Gasteiger charge is 2.22. The van der Waals surface area contributed by atoms with Crippen LogP contribution in [0.25, 0.3) is 32.6 Å². The predicted molar refractivity (Wildman–Crippen MR) is 139 cm³/mol. The molecule has 3 N–H and O–H groups in total. The van der Waals surface area contributed by atoms with Crippen LogP contribution in [-0.2, 0) is 0 Å². The van der Waals surface area contributed by atoms with Crippen LogP contribution in [0.1, 0.15) is 20.8 Å². The molecule has 0 spiro atoms. The first-order valence-electron chi connectivity index (χ1n) is 10.7. The molecule has 5 aromatic rings. The van der Waals surface area contributed by atoms with Gasteiger partial charge in [-0.25, -0.2) is 4.98 Å². The van der Waals surface area contributed by atoms with Gasteiger partial charge in [0.1, 0.15) is 9.71 Å². The highest BCUT2D eigenvalue weighted by atomic mass is 32.1. The average Bonchev–Trinajstić information content (AvgIpc) is 3.18. The molecule has 5 rings (SSSR count). The van der Waals surface area contributed by atoms with Crippen LogP contribution >= 0.6 is 11.3 Å². The Hall–Kier alpha value is -3.96. The van der Waals surface area contributed by atoms with Gasteiger partial charge in [-0.05, 0) is 54.3 Å². The molecule has 0 saturated heterocycles. The summed E-state index contributed by atoms with van der Waals surface area (Å²) in [5, 5.41) is 3.81. The smallest absolute Gasteiger partial charge is 0.267 e. The number of pyridine rings is 1. The van der Waals surface area contributed by atoms with Gasteiger partial charge >= 0.3 is 0 Å². The molecule has 0 aliphatic heterocycles. The van der Waals surface area contributed by atoms with Crippen molar-refractivity contribution in [1.29, 1.82) is 0 Å². The molecule has 0 aliphatic carbocycles. The maximum Gasteiger partial charge on any atom is 0.267 e. The first-order valence-corrected chi connectivity index (χ1v) is 11.6. The van der Waals surface area contributed by atoms with Gasteiger partial charge in [0.15, 0.2) is 0 Å². The van der Waals surface area contributed by atoms with E-state index in [2.05, 4.69) is 23.5 Å². The Kier molecular flexibility index (Phi) is 5.40. The molecule has 2 aromatic heterocycles. The number of aryl methyl sites for hydroxylation is 2. The molecule has 3 aromatic carbocycles. The number of fused-ring (bicyclic) bond motifs is 1. The second kappa shape index (κ2) is 8.52. The molecule has 0 fully saturated rings. The number of hydrogen-bond acceptors (Lipinski definition) is 4. The molecule has 33 heavy (non-hydrogen) atoms. The third-order valence-electron chi connectivity index (χ3n) is 5.82. The topological polar surface area (TPSA) is 68.0 Å². The van der Waals surface area contributed by atoms with Gasteiger partial charge in [0.05, 0.1) is 11.4 Å². The zero-order valence-corrected chi connectivity index (χ0v) is 19.2. The van der Waals surface area contributed by atoms with Crippen LogP contribution in [0.15, 0.2) is 84.9 Å². The molecule has 5 heteroatoms. The molecule has 1 amide bonds. The SMILES string of the molecule is Cc1ccc(NC(=O)c2sc3nc(-c4ccccc4)cc(-c4ccccc4)c3c2N)cc1C. The molecule has 4 nitrogen and oxygen atoms in total. The van der Waals surface area contributed by atoms with E-state index in [1.54, 1.807) is 0 Å². The maximum atomic E-state index is 13.2. The Bertz CT molecular complexity index is 1470. The summed E-state index contributed by atoms with van der Waals surface area (Å²) in [7, 11) is 0. The highest BCUT2D eigenvalue weighted by Crippen LogP contribution is 2.41. The lowest BCUT2D eigenvalue weighted by Crippen LogP contribution is -2.12. The summed E-state index contributed by atoms with van der Waals surface area (Å²) in [6, 6.07) is 28.1. The minimum absolute atomic E-state index is 0.223. The van der Waals surface area contributed by atoms with E-state index in [9.17, 15) is 4.79 Å². The number of nitrogens with zero attached hydrogens (tertiary/aromatic N) is 1. The van der Waals surface area contributed by atoms with E-state index in [-0.39, 0.29) is 5.91 Å². The van der Waals surface area contributed by atoms with Gasteiger partial charge in [0.2, 0.25) is 0 Å². The highest BCUT2D eigenvalue weighted by molar-refractivity contribution is 7.21. The number of amides is 1. The van der Waals surface area contributed by atoms with E-state index in [4.69, 9.17) is 10.7 Å². The molecule has 0 aliphatic rings. The fraction of sp³-hybridized carbons (Fsp3) is 0.0714. The summed E-state index contributed by atoms with van der Waals surface area (Å²) in [5.74, 6) is -0.223. The molecule has 2 heterocycles. The van der Waals surface area contributed by atoms with Crippen LogP contribution in [0.3, 0.4) is 0 Å². The Labute approximate surface area is 196 Å². The lowest BCUT2D eigenvalue weighted by Gasteiger charge is -2.09. The number of nitrogens with one attached hydrogen (secondary N) is 1. The molecule has 0 bridgehead atoms. The molecular formula is C28H23N3OS. The Balaban J connectivity index is 1.65. The Morgan fingerprint density at radius 2 is 1.52 bits per heavy atom. The van der Waals surface area contributed by atoms with Crippen molar-refractivity contribution in [2.75, 3.05) is 11.1 Å². The molecule has 0 saturated carbocycles. The van der Waals surface area contributed by atoms with E-state index >= 15 is 0 Å². The first-order chi connectivity index (χ1) is 16.0. The average molecular weight is 450 g/mol. The largest absolute Gasteiger partial charge is 0.397 e. The zero-order chi connectivity index (χ0) is 22.9. The normalized spacial score (nSPS) is 11.0. The monoisotopic (exact) mass is 449 g/mol. The fourth-order valence-corrected chi connectivity index (χ4v) is 4.91. The van der Waals surface area contributed by atoms with Gasteiger partial charge < -0.3 is 11.1 Å². The number of carbonyl (C=O) groups excluding carboxylic acids is 1. The van der Waals surface area contributed by atoms with E-state index in [1.165, 1.54) is 16.9 Å². The van der Waals surface area contributed by atoms with Crippen molar-refractivity contribution in [3.05, 3.63) is 101 Å². The minimum Gasteiger partial charge on any atom is -0.397 e. The molecule has 0 atom stereocenters. The summed E-state index contributed by atoms with van der Waals surface area (Å²) in [4.78, 5) is 19.3. The second-order valence-electron chi connectivity index (χ2n) is 8.07. The number of carbonyl (C=O) groups is 1. The van der Waals surface area contributed by atoms with Gasteiger partial charge in [-0.1, -0.05) is 66.7 Å². The second-order valence-corrected chi connectivity index (χ2v) is 9.06. The minimum atomic E-state index is -0.223. The van der Waals surface area contributed by atoms with Crippen LogP contribution in [0.5, 0.6) is 0 Å². The van der Waals surface area contributed by atoms with Crippen LogP contribution in [-0.4, -0.2) is 10.9 Å². The van der Waals surface area contributed by atoms with Crippen LogP contribution < -0.4 is 11.1 Å². The van der Waals surface area contributed by atoms with Gasteiger partial charge in [-0.15, -0.1) is 11.3 Å². The maximum absolute atomic E-state index is 13.2. The number of hydrogen-bond donors (Lipinski definition) is 2. The standard InChI is InChI=1S/C28H23N3OS/c1-17-13-14-21(15-18(17)2)30-27(32)26-25(29)24-22(19-9-5-3-6-10-19)16-23(31-28(24)33-26)20-11-7-4-8-12-20/h3-16H,29H2,1-2H3,(H,30,32). The quantitative estimate of drug-likeness (QED) is 0.308. The van der Waals surface area contributed by atoms with Crippen molar-refractivity contribution in [2.24, 2.45) is 0 Å². The summed E-state index contributed by atoms with van der Waals surface area (Å²) >= 11 is 1.33. The predicted octanol–water partition coefficient (Wildman–Crippen LogP) is 7.08. The molecule has 0 radical (unpaired) electrons. The van der Waals surface area contributed by atoms with Crippen molar-refractivity contribution < 1.29 is 4.79 Å². The lowest BCUT2D eigenvalue weighted by atomic mass is 9.99. The molecular weight excluding hydrogens is 426 g/mol. The summed E-state index contributed by atoms with van der Waals surface area (Å²) in [6.07, 6.45) is 0. The van der Waals surface area contributed by atoms with E-state index < -0.39 is 0 Å². The molecule has 0 unspecified atom stereocenters.